The predicted molar refractivity (Wildman–Crippen MR) is 211 cm³/mol. The SMILES string of the molecule is NC1C=CC2=C(N1)n1cc3cc(Cc4ccccc4)cc(c3c1)COc1cc(ccc1O)CCC(O)CC(CCCCCCc1ccc(O)cc1)OC2. The molecular weight excluding hydrogens is 663 g/mol. The van der Waals surface area contributed by atoms with Gasteiger partial charge in [0.25, 0.3) is 0 Å². The number of nitrogens with zero attached hydrogens (tertiary/aromatic N) is 1. The fourth-order valence-electron chi connectivity index (χ4n) is 7.47. The molecule has 0 fully saturated rings. The molecule has 0 saturated heterocycles. The first-order valence-corrected chi connectivity index (χ1v) is 19.0. The van der Waals surface area contributed by atoms with Gasteiger partial charge in [0.2, 0.25) is 0 Å². The van der Waals surface area contributed by atoms with Gasteiger partial charge >= 0.3 is 0 Å². The summed E-state index contributed by atoms with van der Waals surface area (Å²) in [6, 6.07) is 27.8. The summed E-state index contributed by atoms with van der Waals surface area (Å²) in [5.74, 6) is 1.69. The molecule has 7 rings (SSSR count). The molecule has 0 saturated carbocycles. The van der Waals surface area contributed by atoms with E-state index in [1.807, 2.05) is 36.4 Å². The molecule has 2 aliphatic heterocycles. The topological polar surface area (TPSA) is 122 Å². The number of aryl methyl sites for hydroxylation is 2. The molecule has 3 heterocycles. The van der Waals surface area contributed by atoms with Crippen LogP contribution in [-0.2, 0) is 30.6 Å². The van der Waals surface area contributed by atoms with Crippen molar-refractivity contribution >= 4 is 16.6 Å². The molecule has 276 valence electrons. The molecule has 3 unspecified atom stereocenters. The van der Waals surface area contributed by atoms with Gasteiger partial charge in [-0.05, 0) is 109 Å². The summed E-state index contributed by atoms with van der Waals surface area (Å²) in [5.41, 5.74) is 13.1. The summed E-state index contributed by atoms with van der Waals surface area (Å²) in [7, 11) is 0. The van der Waals surface area contributed by atoms with Crippen molar-refractivity contribution in [3.8, 4) is 17.2 Å². The number of aliphatic hydroxyl groups excluding tert-OH is 1. The maximum absolute atomic E-state index is 11.3. The molecule has 6 N–H and O–H groups in total. The van der Waals surface area contributed by atoms with Gasteiger partial charge in [0.05, 0.1) is 25.0 Å². The Morgan fingerprint density at radius 1 is 0.830 bits per heavy atom. The van der Waals surface area contributed by atoms with Crippen LogP contribution < -0.4 is 15.8 Å². The Hall–Kier alpha value is -5.02. The molecule has 0 spiro atoms. The number of ether oxygens (including phenoxy) is 2. The Morgan fingerprint density at radius 3 is 2.51 bits per heavy atom. The lowest BCUT2D eigenvalue weighted by atomic mass is 9.98. The molecule has 1 aromatic heterocycles. The average molecular weight is 714 g/mol. The van der Waals surface area contributed by atoms with Crippen LogP contribution in [0.1, 0.15) is 72.8 Å². The minimum absolute atomic E-state index is 0.0939. The van der Waals surface area contributed by atoms with Gasteiger partial charge in [-0.3, -0.25) is 0 Å². The van der Waals surface area contributed by atoms with Crippen LogP contribution in [0.25, 0.3) is 16.6 Å². The lowest BCUT2D eigenvalue weighted by molar-refractivity contribution is 0.0171. The number of aromatic hydroxyl groups is 2. The van der Waals surface area contributed by atoms with E-state index in [2.05, 4.69) is 64.8 Å². The van der Waals surface area contributed by atoms with E-state index in [-0.39, 0.29) is 24.6 Å². The van der Waals surface area contributed by atoms with E-state index in [0.29, 0.717) is 37.4 Å². The quantitative estimate of drug-likeness (QED) is 0.0979. The smallest absolute Gasteiger partial charge is 0.161 e. The molecule has 0 aliphatic carbocycles. The number of phenolic OH excluding ortho intramolecular Hbond substituents is 2. The number of hydrogen-bond acceptors (Lipinski definition) is 7. The third-order valence-corrected chi connectivity index (χ3v) is 10.4. The number of nitrogens with two attached hydrogens (primary N) is 1. The third-order valence-electron chi connectivity index (χ3n) is 10.4. The summed E-state index contributed by atoms with van der Waals surface area (Å²) < 4.78 is 15.1. The summed E-state index contributed by atoms with van der Waals surface area (Å²) in [5, 5.41) is 37.2. The third kappa shape index (κ3) is 9.70. The van der Waals surface area contributed by atoms with Crippen molar-refractivity contribution in [2.75, 3.05) is 6.61 Å². The zero-order valence-electron chi connectivity index (χ0n) is 30.3. The molecule has 4 bridgehead atoms. The average Bonchev–Trinajstić information content (AvgIpc) is 3.59. The molecule has 2 aliphatic rings. The maximum atomic E-state index is 11.3. The molecule has 4 aromatic carbocycles. The number of phenols is 2. The number of hydrogen-bond donors (Lipinski definition) is 5. The lowest BCUT2D eigenvalue weighted by Gasteiger charge is -2.26. The highest BCUT2D eigenvalue weighted by atomic mass is 16.5. The first kappa shape index (κ1) is 36.3. The second kappa shape index (κ2) is 17.2. The van der Waals surface area contributed by atoms with Crippen molar-refractivity contribution in [3.63, 3.8) is 0 Å². The number of fused-ring (bicyclic) bond motifs is 4. The molecule has 0 radical (unpaired) electrons. The Morgan fingerprint density at radius 2 is 1.66 bits per heavy atom. The highest BCUT2D eigenvalue weighted by Gasteiger charge is 2.21. The van der Waals surface area contributed by atoms with E-state index < -0.39 is 6.10 Å². The van der Waals surface area contributed by atoms with Gasteiger partial charge in [-0.25, -0.2) is 0 Å². The van der Waals surface area contributed by atoms with E-state index in [1.165, 1.54) is 16.7 Å². The number of aliphatic hydroxyl groups is 1. The summed E-state index contributed by atoms with van der Waals surface area (Å²) in [6.45, 7) is 0.665. The number of benzene rings is 4. The van der Waals surface area contributed by atoms with Crippen molar-refractivity contribution in [2.45, 2.75) is 89.2 Å². The van der Waals surface area contributed by atoms with Crippen molar-refractivity contribution in [1.82, 2.24) is 9.88 Å². The predicted octanol–water partition coefficient (Wildman–Crippen LogP) is 8.11. The molecule has 8 heteroatoms. The van der Waals surface area contributed by atoms with Gasteiger partial charge in [-0.15, -0.1) is 0 Å². The van der Waals surface area contributed by atoms with Crippen molar-refractivity contribution < 1.29 is 24.8 Å². The van der Waals surface area contributed by atoms with E-state index in [9.17, 15) is 15.3 Å². The van der Waals surface area contributed by atoms with E-state index in [1.54, 1.807) is 18.2 Å². The van der Waals surface area contributed by atoms with Crippen LogP contribution in [-0.4, -0.2) is 44.9 Å². The van der Waals surface area contributed by atoms with Gasteiger partial charge in [-0.1, -0.05) is 79.9 Å². The first-order chi connectivity index (χ1) is 25.9. The molecule has 53 heavy (non-hydrogen) atoms. The highest BCUT2D eigenvalue weighted by molar-refractivity contribution is 5.88. The Kier molecular flexibility index (Phi) is 11.8. The fourth-order valence-corrected chi connectivity index (χ4v) is 7.47. The van der Waals surface area contributed by atoms with Gasteiger partial charge in [0.1, 0.15) is 18.2 Å². The van der Waals surface area contributed by atoms with Crippen molar-refractivity contribution in [1.29, 1.82) is 0 Å². The van der Waals surface area contributed by atoms with Crippen LogP contribution in [0.5, 0.6) is 17.2 Å². The minimum atomic E-state index is -0.541. The van der Waals surface area contributed by atoms with E-state index >= 15 is 0 Å². The second-order valence-electron chi connectivity index (χ2n) is 14.6. The summed E-state index contributed by atoms with van der Waals surface area (Å²) in [6.07, 6.45) is 15.9. The molecule has 0 amide bonds. The molecule has 3 atom stereocenters. The lowest BCUT2D eigenvalue weighted by Crippen LogP contribution is -2.38. The Labute approximate surface area is 312 Å². The minimum Gasteiger partial charge on any atom is -0.508 e. The standard InChI is InChI=1S/C45H51N3O5/c46-44-21-16-35-29-52-40(11-7-2-1-4-8-31-12-17-38(49)18-13-31)26-39(50)19-14-33-15-20-42(51)43(25-33)53-30-37-24-34(22-32-9-5-3-6-10-32)23-36-27-48(28-41(36)37)45(35)47-44/h3,5-6,9-10,12-13,15-18,20-21,23-25,27-28,39-40,44,47,49-51H,1-2,4,7-8,11,14,19,22,26,29-30,46H2. The number of unbranched alkanes of at least 4 members (excludes halogenated alkanes) is 3. The summed E-state index contributed by atoms with van der Waals surface area (Å²) >= 11 is 0. The molecule has 8 nitrogen and oxygen atoms in total. The maximum Gasteiger partial charge on any atom is 0.161 e. The normalized spacial score (nSPS) is 19.3. The Balaban J connectivity index is 1.15. The van der Waals surface area contributed by atoms with Crippen LogP contribution in [0.2, 0.25) is 0 Å². The summed E-state index contributed by atoms with van der Waals surface area (Å²) in [4.78, 5) is 0. The van der Waals surface area contributed by atoms with E-state index in [0.717, 1.165) is 78.2 Å². The number of rotatable bonds is 9. The highest BCUT2D eigenvalue weighted by Crippen LogP contribution is 2.32. The van der Waals surface area contributed by atoms with Gasteiger partial charge in [0.15, 0.2) is 11.5 Å². The zero-order valence-corrected chi connectivity index (χ0v) is 30.3. The van der Waals surface area contributed by atoms with Crippen LogP contribution in [0.4, 0.5) is 0 Å². The number of nitrogens with one attached hydrogen (secondary N) is 1. The van der Waals surface area contributed by atoms with Crippen LogP contribution in [0.3, 0.4) is 0 Å². The van der Waals surface area contributed by atoms with Crippen LogP contribution >= 0.6 is 0 Å². The van der Waals surface area contributed by atoms with Gasteiger partial charge < -0.3 is 40.4 Å². The van der Waals surface area contributed by atoms with Crippen LogP contribution in [0, 0.1) is 0 Å². The van der Waals surface area contributed by atoms with Crippen molar-refractivity contribution in [3.05, 3.63) is 143 Å². The second-order valence-corrected chi connectivity index (χ2v) is 14.6. The largest absolute Gasteiger partial charge is 0.508 e. The zero-order chi connectivity index (χ0) is 36.6. The Bertz CT molecular complexity index is 2040. The fraction of sp³-hybridized carbons (Fsp3) is 0.333. The number of dihydropyridines is 1. The van der Waals surface area contributed by atoms with Gasteiger partial charge in [0, 0.05) is 28.7 Å². The number of aromatic nitrogens is 1. The first-order valence-electron chi connectivity index (χ1n) is 19.0. The molecular formula is C45H51N3O5. The van der Waals surface area contributed by atoms with Crippen molar-refractivity contribution in [2.24, 2.45) is 5.73 Å². The van der Waals surface area contributed by atoms with Gasteiger partial charge in [-0.2, -0.15) is 0 Å². The van der Waals surface area contributed by atoms with Crippen LogP contribution in [0.15, 0.2) is 115 Å². The molecule has 5 aromatic rings. The monoisotopic (exact) mass is 713 g/mol. The van der Waals surface area contributed by atoms with E-state index in [4.69, 9.17) is 15.2 Å².